The van der Waals surface area contributed by atoms with E-state index in [-0.39, 0.29) is 11.8 Å². The number of rotatable bonds is 4. The molecule has 0 spiro atoms. The standard InChI is InChI=1S/C20H25F3N2OS/c1-14-13-24-9-5-10-25(3,11-8-15(2)27)19(14)17-7-6-16(20(21,22)23)12-18(17)26-4/h6-9,12-13,19H,5,10-11H2,1-4H3/p+1/b14-13+,15-8+,24-9?. The Balaban J connectivity index is 2.62. The molecule has 27 heavy (non-hydrogen) atoms. The highest BCUT2D eigenvalue weighted by Crippen LogP contribution is 2.42. The van der Waals surface area contributed by atoms with E-state index in [4.69, 9.17) is 4.74 Å². The Labute approximate surface area is 164 Å². The first-order chi connectivity index (χ1) is 12.6. The van der Waals surface area contributed by atoms with Crippen LogP contribution in [0, 0.1) is 0 Å². The molecule has 2 rings (SSSR count). The van der Waals surface area contributed by atoms with Crippen LogP contribution in [0.1, 0.15) is 37.4 Å². The molecule has 2 unspecified atom stereocenters. The van der Waals surface area contributed by atoms with E-state index in [2.05, 4.69) is 24.7 Å². The van der Waals surface area contributed by atoms with Crippen molar-refractivity contribution >= 4 is 18.8 Å². The summed E-state index contributed by atoms with van der Waals surface area (Å²) in [5, 5.41) is 0. The van der Waals surface area contributed by atoms with Crippen LogP contribution in [-0.2, 0) is 6.18 Å². The summed E-state index contributed by atoms with van der Waals surface area (Å²) in [5.41, 5.74) is 0.981. The highest BCUT2D eigenvalue weighted by atomic mass is 32.1. The van der Waals surface area contributed by atoms with Crippen LogP contribution in [0.5, 0.6) is 5.75 Å². The van der Waals surface area contributed by atoms with Crippen molar-refractivity contribution in [3.8, 4) is 5.75 Å². The quantitative estimate of drug-likeness (QED) is 0.530. The summed E-state index contributed by atoms with van der Waals surface area (Å²) in [6, 6.07) is 3.55. The second kappa shape index (κ2) is 8.52. The molecule has 0 N–H and O–H groups in total. The summed E-state index contributed by atoms with van der Waals surface area (Å²) in [7, 11) is 3.51. The number of likely N-dealkylation sites (N-methyl/N-ethyl adjacent to an activating group) is 1. The zero-order valence-electron chi connectivity index (χ0n) is 16.0. The number of aliphatic imine (C=N–C) groups is 1. The minimum atomic E-state index is -4.41. The molecule has 148 valence electrons. The van der Waals surface area contributed by atoms with E-state index < -0.39 is 11.7 Å². The Morgan fingerprint density at radius 1 is 1.41 bits per heavy atom. The third-order valence-corrected chi connectivity index (χ3v) is 5.05. The van der Waals surface area contributed by atoms with Crippen molar-refractivity contribution in [1.82, 2.24) is 0 Å². The first-order valence-electron chi connectivity index (χ1n) is 8.72. The molecule has 0 saturated heterocycles. The fourth-order valence-corrected chi connectivity index (χ4v) is 3.60. The summed E-state index contributed by atoms with van der Waals surface area (Å²) in [6.45, 7) is 5.36. The van der Waals surface area contributed by atoms with E-state index in [9.17, 15) is 13.2 Å². The first kappa shape index (κ1) is 21.6. The van der Waals surface area contributed by atoms with E-state index in [1.165, 1.54) is 13.2 Å². The van der Waals surface area contributed by atoms with Crippen molar-refractivity contribution in [1.29, 1.82) is 0 Å². The van der Waals surface area contributed by atoms with E-state index in [0.717, 1.165) is 41.1 Å². The van der Waals surface area contributed by atoms with Crippen LogP contribution in [0.25, 0.3) is 0 Å². The van der Waals surface area contributed by atoms with E-state index in [0.29, 0.717) is 11.0 Å². The van der Waals surface area contributed by atoms with E-state index >= 15 is 0 Å². The van der Waals surface area contributed by atoms with Gasteiger partial charge in [-0.1, -0.05) is 0 Å². The van der Waals surface area contributed by atoms with Crippen LogP contribution in [0.4, 0.5) is 13.2 Å². The fraction of sp³-hybridized carbons (Fsp3) is 0.450. The summed E-state index contributed by atoms with van der Waals surface area (Å²) >= 11 is 4.37. The minimum Gasteiger partial charge on any atom is -0.496 e. The zero-order valence-corrected chi connectivity index (χ0v) is 16.9. The lowest BCUT2D eigenvalue weighted by Crippen LogP contribution is -2.49. The number of hydrogen-bond donors (Lipinski definition) is 1. The normalized spacial score (nSPS) is 26.1. The SMILES string of the molecule is COc1cc(C(F)(F)F)ccc1C1/C(C)=C/N=CCC[N+]1(C)C/C=C(\C)S. The molecule has 3 nitrogen and oxygen atoms in total. The molecule has 1 aromatic rings. The predicted octanol–water partition coefficient (Wildman–Crippen LogP) is 5.41. The largest absolute Gasteiger partial charge is 0.496 e. The molecular formula is C20H26F3N2OS+. The molecular weight excluding hydrogens is 373 g/mol. The maximum atomic E-state index is 13.1. The zero-order chi connectivity index (χ0) is 20.2. The highest BCUT2D eigenvalue weighted by molar-refractivity contribution is 7.84. The summed E-state index contributed by atoms with van der Waals surface area (Å²) in [6.07, 6.45) is 2.07. The Bertz CT molecular complexity index is 767. The molecule has 7 heteroatoms. The number of alkyl halides is 3. The maximum absolute atomic E-state index is 13.1. The van der Waals surface area contributed by atoms with Gasteiger partial charge in [0.15, 0.2) is 0 Å². The number of nitrogens with zero attached hydrogens (tertiary/aromatic N) is 2. The van der Waals surface area contributed by atoms with Gasteiger partial charge in [0.25, 0.3) is 0 Å². The molecule has 0 amide bonds. The van der Waals surface area contributed by atoms with E-state index in [1.807, 2.05) is 26.1 Å². The predicted molar refractivity (Wildman–Crippen MR) is 106 cm³/mol. The molecule has 0 saturated carbocycles. The number of halogens is 3. The first-order valence-corrected chi connectivity index (χ1v) is 9.16. The van der Waals surface area contributed by atoms with Gasteiger partial charge in [-0.2, -0.15) is 13.2 Å². The lowest BCUT2D eigenvalue weighted by Gasteiger charge is -2.42. The van der Waals surface area contributed by atoms with Crippen LogP contribution >= 0.6 is 12.6 Å². The lowest BCUT2D eigenvalue weighted by atomic mass is 9.93. The van der Waals surface area contributed by atoms with Gasteiger partial charge in [0.2, 0.25) is 0 Å². The van der Waals surface area contributed by atoms with Gasteiger partial charge in [0, 0.05) is 24.4 Å². The molecule has 0 aromatic heterocycles. The van der Waals surface area contributed by atoms with Crippen LogP contribution in [-0.4, -0.2) is 37.9 Å². The monoisotopic (exact) mass is 399 g/mol. The van der Waals surface area contributed by atoms with Gasteiger partial charge in [-0.15, -0.1) is 12.6 Å². The van der Waals surface area contributed by atoms with Gasteiger partial charge in [0.05, 0.1) is 38.4 Å². The van der Waals surface area contributed by atoms with Crippen LogP contribution in [0.2, 0.25) is 0 Å². The third-order valence-electron chi connectivity index (χ3n) is 4.87. The van der Waals surface area contributed by atoms with E-state index in [1.54, 1.807) is 6.20 Å². The number of allylic oxidation sites excluding steroid dienone is 1. The van der Waals surface area contributed by atoms with Gasteiger partial charge >= 0.3 is 6.18 Å². The molecule has 1 heterocycles. The minimum absolute atomic E-state index is 0.177. The average Bonchev–Trinajstić information content (AvgIpc) is 2.58. The molecule has 0 radical (unpaired) electrons. The number of benzene rings is 1. The third kappa shape index (κ3) is 5.17. The Morgan fingerprint density at radius 3 is 2.70 bits per heavy atom. The van der Waals surface area contributed by atoms with Crippen LogP contribution in [0.15, 0.2) is 45.9 Å². The molecule has 0 bridgehead atoms. The lowest BCUT2D eigenvalue weighted by molar-refractivity contribution is -0.928. The smallest absolute Gasteiger partial charge is 0.416 e. The summed E-state index contributed by atoms with van der Waals surface area (Å²) < 4.78 is 45.3. The van der Waals surface area contributed by atoms with Gasteiger partial charge in [-0.05, 0) is 43.0 Å². The fourth-order valence-electron chi connectivity index (χ4n) is 3.52. The molecule has 1 aromatic carbocycles. The maximum Gasteiger partial charge on any atom is 0.416 e. The highest BCUT2D eigenvalue weighted by Gasteiger charge is 2.38. The average molecular weight is 400 g/mol. The number of ether oxygens (including phenoxy) is 1. The Kier molecular flexibility index (Phi) is 6.81. The number of methoxy groups -OCH3 is 1. The van der Waals surface area contributed by atoms with Gasteiger partial charge in [-0.3, -0.25) is 4.99 Å². The molecule has 1 aliphatic rings. The molecule has 1 aliphatic heterocycles. The Morgan fingerprint density at radius 2 is 2.11 bits per heavy atom. The van der Waals surface area contributed by atoms with Gasteiger partial charge in [0.1, 0.15) is 11.8 Å². The number of quaternary nitrogens is 1. The Hall–Kier alpha value is -1.73. The van der Waals surface area contributed by atoms with Crippen LogP contribution < -0.4 is 4.74 Å². The second-order valence-electron chi connectivity index (χ2n) is 7.08. The summed E-state index contributed by atoms with van der Waals surface area (Å²) in [4.78, 5) is 5.22. The van der Waals surface area contributed by atoms with Crippen molar-refractivity contribution in [3.63, 3.8) is 0 Å². The summed E-state index contributed by atoms with van der Waals surface area (Å²) in [5.74, 6) is 0.239. The molecule has 0 fully saturated rings. The molecule has 0 aliphatic carbocycles. The van der Waals surface area contributed by atoms with Gasteiger partial charge in [-0.25, -0.2) is 0 Å². The van der Waals surface area contributed by atoms with Gasteiger partial charge < -0.3 is 9.22 Å². The van der Waals surface area contributed by atoms with Crippen molar-refractivity contribution in [3.05, 3.63) is 52.1 Å². The molecule has 2 atom stereocenters. The topological polar surface area (TPSA) is 21.6 Å². The van der Waals surface area contributed by atoms with Crippen molar-refractivity contribution in [2.75, 3.05) is 27.2 Å². The number of hydrogen-bond acceptors (Lipinski definition) is 3. The van der Waals surface area contributed by atoms with Crippen molar-refractivity contribution < 1.29 is 22.4 Å². The van der Waals surface area contributed by atoms with Crippen molar-refractivity contribution in [2.45, 2.75) is 32.5 Å². The number of thiol groups is 1. The van der Waals surface area contributed by atoms with Crippen LogP contribution in [0.3, 0.4) is 0 Å². The van der Waals surface area contributed by atoms with Crippen molar-refractivity contribution in [2.24, 2.45) is 4.99 Å². The second-order valence-corrected chi connectivity index (χ2v) is 7.79.